The van der Waals surface area contributed by atoms with Gasteiger partial charge in [0.2, 0.25) is 0 Å². The van der Waals surface area contributed by atoms with Gasteiger partial charge in [-0.15, -0.1) is 0 Å². The van der Waals surface area contributed by atoms with E-state index in [-0.39, 0.29) is 6.10 Å². The molecule has 0 saturated carbocycles. The molecule has 1 aliphatic heterocycles. The van der Waals surface area contributed by atoms with Crippen molar-refractivity contribution in [2.75, 3.05) is 25.5 Å². The number of anilines is 2. The highest BCUT2D eigenvalue weighted by Crippen LogP contribution is 2.32. The summed E-state index contributed by atoms with van der Waals surface area (Å²) in [6, 6.07) is 8.00. The molecule has 4 aromatic heterocycles. The SMILES string of the molecule is Cc1cc(Nc2cc3cc(-c4c(O[C@H]5CCN(C)C5)cnn4C)ccn3n2)ncn1. The first-order valence-corrected chi connectivity index (χ1v) is 9.98. The molecular weight excluding hydrogens is 380 g/mol. The number of aryl methyl sites for hydroxylation is 2. The fourth-order valence-electron chi connectivity index (χ4n) is 3.86. The van der Waals surface area contributed by atoms with Crippen molar-refractivity contribution in [1.82, 2.24) is 34.3 Å². The van der Waals surface area contributed by atoms with Gasteiger partial charge in [0.15, 0.2) is 11.6 Å². The minimum atomic E-state index is 0.198. The Bertz CT molecular complexity index is 1200. The first-order chi connectivity index (χ1) is 14.5. The molecule has 1 saturated heterocycles. The number of aromatic nitrogens is 6. The van der Waals surface area contributed by atoms with Crippen molar-refractivity contribution in [3.8, 4) is 17.0 Å². The summed E-state index contributed by atoms with van der Waals surface area (Å²) in [7, 11) is 4.06. The fourth-order valence-corrected chi connectivity index (χ4v) is 3.86. The number of rotatable bonds is 5. The predicted octanol–water partition coefficient (Wildman–Crippen LogP) is 2.66. The molecule has 0 aliphatic carbocycles. The zero-order valence-electron chi connectivity index (χ0n) is 17.3. The zero-order valence-corrected chi connectivity index (χ0v) is 17.3. The Balaban J connectivity index is 1.43. The second-order valence-electron chi connectivity index (χ2n) is 7.76. The van der Waals surface area contributed by atoms with Gasteiger partial charge in [-0.3, -0.25) is 4.68 Å². The Labute approximate surface area is 174 Å². The Hall–Kier alpha value is -3.46. The van der Waals surface area contributed by atoms with E-state index in [1.807, 2.05) is 47.6 Å². The quantitative estimate of drug-likeness (QED) is 0.547. The monoisotopic (exact) mass is 404 g/mol. The number of ether oxygens (including phenoxy) is 1. The summed E-state index contributed by atoms with van der Waals surface area (Å²) in [6.07, 6.45) is 6.52. The molecular formula is C21H24N8O. The Kier molecular flexibility index (Phi) is 4.59. The third-order valence-electron chi connectivity index (χ3n) is 5.34. The lowest BCUT2D eigenvalue weighted by Gasteiger charge is -2.14. The van der Waals surface area contributed by atoms with E-state index >= 15 is 0 Å². The van der Waals surface area contributed by atoms with Gasteiger partial charge < -0.3 is 15.0 Å². The van der Waals surface area contributed by atoms with E-state index in [0.717, 1.165) is 59.4 Å². The van der Waals surface area contributed by atoms with Crippen molar-refractivity contribution in [2.45, 2.75) is 19.4 Å². The molecule has 9 nitrogen and oxygen atoms in total. The molecule has 9 heteroatoms. The van der Waals surface area contributed by atoms with Crippen LogP contribution in [-0.4, -0.2) is 60.5 Å². The Morgan fingerprint density at radius 3 is 2.83 bits per heavy atom. The van der Waals surface area contributed by atoms with Crippen LogP contribution in [0, 0.1) is 6.92 Å². The number of likely N-dealkylation sites (tertiary alicyclic amines) is 1. The van der Waals surface area contributed by atoms with Gasteiger partial charge in [-0.1, -0.05) is 0 Å². The van der Waals surface area contributed by atoms with Crippen molar-refractivity contribution in [1.29, 1.82) is 0 Å². The van der Waals surface area contributed by atoms with Crippen LogP contribution in [0.4, 0.5) is 11.6 Å². The normalized spacial score (nSPS) is 17.0. The van der Waals surface area contributed by atoms with Gasteiger partial charge in [-0.25, -0.2) is 14.5 Å². The number of nitrogens with zero attached hydrogens (tertiary/aromatic N) is 7. The van der Waals surface area contributed by atoms with E-state index in [1.54, 1.807) is 6.20 Å². The van der Waals surface area contributed by atoms with Crippen LogP contribution in [0.25, 0.3) is 16.8 Å². The molecule has 0 aromatic carbocycles. The van der Waals surface area contributed by atoms with E-state index in [9.17, 15) is 0 Å². The molecule has 1 atom stereocenters. The van der Waals surface area contributed by atoms with Crippen molar-refractivity contribution in [3.05, 3.63) is 48.7 Å². The first kappa shape index (κ1) is 18.6. The van der Waals surface area contributed by atoms with E-state index in [0.29, 0.717) is 0 Å². The van der Waals surface area contributed by atoms with E-state index < -0.39 is 0 Å². The smallest absolute Gasteiger partial charge is 0.165 e. The van der Waals surface area contributed by atoms with Crippen LogP contribution >= 0.6 is 0 Å². The van der Waals surface area contributed by atoms with E-state index in [4.69, 9.17) is 4.74 Å². The van der Waals surface area contributed by atoms with Gasteiger partial charge in [0, 0.05) is 49.7 Å². The molecule has 4 aromatic rings. The largest absolute Gasteiger partial charge is 0.485 e. The molecule has 30 heavy (non-hydrogen) atoms. The lowest BCUT2D eigenvalue weighted by Crippen LogP contribution is -2.21. The molecule has 1 fully saturated rings. The maximum atomic E-state index is 6.29. The Morgan fingerprint density at radius 2 is 2.03 bits per heavy atom. The lowest BCUT2D eigenvalue weighted by atomic mass is 10.1. The number of pyridine rings is 1. The van der Waals surface area contributed by atoms with Crippen molar-refractivity contribution in [3.63, 3.8) is 0 Å². The molecule has 1 aliphatic rings. The summed E-state index contributed by atoms with van der Waals surface area (Å²) in [5.41, 5.74) is 3.87. The van der Waals surface area contributed by atoms with Gasteiger partial charge in [-0.2, -0.15) is 10.2 Å². The van der Waals surface area contributed by atoms with Crippen LogP contribution in [0.5, 0.6) is 5.75 Å². The number of likely N-dealkylation sites (N-methyl/N-ethyl adjacent to an activating group) is 1. The van der Waals surface area contributed by atoms with Crippen LogP contribution in [0.2, 0.25) is 0 Å². The van der Waals surface area contributed by atoms with Crippen LogP contribution in [0.3, 0.4) is 0 Å². The maximum absolute atomic E-state index is 6.29. The van der Waals surface area contributed by atoms with Crippen LogP contribution < -0.4 is 10.1 Å². The number of nitrogens with one attached hydrogen (secondary N) is 1. The summed E-state index contributed by atoms with van der Waals surface area (Å²) in [5, 5.41) is 12.2. The van der Waals surface area contributed by atoms with Crippen LogP contribution in [0.15, 0.2) is 43.0 Å². The number of hydrogen-bond donors (Lipinski definition) is 1. The third kappa shape index (κ3) is 3.59. The minimum absolute atomic E-state index is 0.198. The third-order valence-corrected chi connectivity index (χ3v) is 5.34. The van der Waals surface area contributed by atoms with Gasteiger partial charge in [0.05, 0.1) is 11.7 Å². The molecule has 5 rings (SSSR count). The van der Waals surface area contributed by atoms with Crippen molar-refractivity contribution in [2.24, 2.45) is 7.05 Å². The van der Waals surface area contributed by atoms with Crippen LogP contribution in [0.1, 0.15) is 12.1 Å². The standard InChI is InChI=1S/C21H24N8O/c1-14-8-19(23-13-22-14)25-20-10-16-9-15(4-7-29(16)26-20)21-18(11-24-28(21)3)30-17-5-6-27(2)12-17/h4,7-11,13,17H,5-6,12H2,1-3H3,(H,22,23,25,26)/t17-/m0/s1. The summed E-state index contributed by atoms with van der Waals surface area (Å²) in [6.45, 7) is 3.93. The predicted molar refractivity (Wildman–Crippen MR) is 114 cm³/mol. The van der Waals surface area contributed by atoms with Gasteiger partial charge in [-0.05, 0) is 32.5 Å². The topological polar surface area (TPSA) is 85.4 Å². The van der Waals surface area contributed by atoms with Gasteiger partial charge in [0.25, 0.3) is 0 Å². The first-order valence-electron chi connectivity index (χ1n) is 9.98. The highest BCUT2D eigenvalue weighted by atomic mass is 16.5. The molecule has 1 N–H and O–H groups in total. The zero-order chi connectivity index (χ0) is 20.7. The Morgan fingerprint density at radius 1 is 1.13 bits per heavy atom. The molecule has 154 valence electrons. The second-order valence-corrected chi connectivity index (χ2v) is 7.76. The summed E-state index contributed by atoms with van der Waals surface area (Å²) in [5.74, 6) is 2.26. The van der Waals surface area contributed by atoms with Crippen LogP contribution in [-0.2, 0) is 7.05 Å². The fraction of sp³-hybridized carbons (Fsp3) is 0.333. The molecule has 0 unspecified atom stereocenters. The highest BCUT2D eigenvalue weighted by Gasteiger charge is 2.23. The summed E-state index contributed by atoms with van der Waals surface area (Å²) in [4.78, 5) is 10.6. The molecule has 0 bridgehead atoms. The van der Waals surface area contributed by atoms with E-state index in [2.05, 4.69) is 43.5 Å². The summed E-state index contributed by atoms with van der Waals surface area (Å²) >= 11 is 0. The molecule has 0 amide bonds. The molecule has 5 heterocycles. The summed E-state index contributed by atoms with van der Waals surface area (Å²) < 4.78 is 9.98. The van der Waals surface area contributed by atoms with Crippen molar-refractivity contribution < 1.29 is 4.74 Å². The van der Waals surface area contributed by atoms with Gasteiger partial charge in [0.1, 0.15) is 23.9 Å². The lowest BCUT2D eigenvalue weighted by molar-refractivity contribution is 0.209. The van der Waals surface area contributed by atoms with Crippen molar-refractivity contribution >= 4 is 17.2 Å². The second kappa shape index (κ2) is 7.42. The minimum Gasteiger partial charge on any atom is -0.485 e. The highest BCUT2D eigenvalue weighted by molar-refractivity contribution is 5.72. The van der Waals surface area contributed by atoms with Gasteiger partial charge >= 0.3 is 0 Å². The molecule has 0 radical (unpaired) electrons. The average Bonchev–Trinajstić information content (AvgIpc) is 3.40. The maximum Gasteiger partial charge on any atom is 0.165 e. The molecule has 0 spiro atoms. The number of hydrogen-bond acceptors (Lipinski definition) is 7. The van der Waals surface area contributed by atoms with E-state index in [1.165, 1.54) is 6.33 Å². The number of fused-ring (bicyclic) bond motifs is 1. The average molecular weight is 404 g/mol.